The van der Waals surface area contributed by atoms with E-state index in [1.807, 2.05) is 6.08 Å². The van der Waals surface area contributed by atoms with Crippen LogP contribution in [0.4, 0.5) is 0 Å². The second-order valence-corrected chi connectivity index (χ2v) is 7.20. The first-order chi connectivity index (χ1) is 11.1. The zero-order valence-electron chi connectivity index (χ0n) is 14.4. The minimum Gasteiger partial charge on any atom is -0.258 e. The molecule has 0 bridgehead atoms. The summed E-state index contributed by atoms with van der Waals surface area (Å²) in [5.41, 5.74) is 5.66. The van der Waals surface area contributed by atoms with Crippen LogP contribution in [0.2, 0.25) is 0 Å². The highest BCUT2D eigenvalue weighted by molar-refractivity contribution is 5.33. The molecular weight excluding hydrogens is 278 g/mol. The lowest BCUT2D eigenvalue weighted by atomic mass is 9.94. The molecule has 2 aromatic rings. The molecule has 23 heavy (non-hydrogen) atoms. The maximum atomic E-state index is 4.91. The number of allylic oxidation sites excluding steroid dienone is 1. The number of hydrogen-bond donors (Lipinski definition) is 0. The van der Waals surface area contributed by atoms with Crippen molar-refractivity contribution in [2.24, 2.45) is 5.92 Å². The van der Waals surface area contributed by atoms with Gasteiger partial charge in [0.25, 0.3) is 0 Å². The summed E-state index contributed by atoms with van der Waals surface area (Å²) in [7, 11) is 0. The van der Waals surface area contributed by atoms with Gasteiger partial charge in [-0.05, 0) is 73.6 Å². The van der Waals surface area contributed by atoms with E-state index in [1.165, 1.54) is 28.9 Å². The highest BCUT2D eigenvalue weighted by atomic mass is 14.7. The highest BCUT2D eigenvalue weighted by Gasteiger charge is 2.50. The average Bonchev–Trinajstić information content (AvgIpc) is 3.19. The second-order valence-electron chi connectivity index (χ2n) is 7.20. The number of benzene rings is 1. The number of hydrogen-bond acceptors (Lipinski definition) is 1. The summed E-state index contributed by atoms with van der Waals surface area (Å²) in [6.45, 7) is 8.38. The van der Waals surface area contributed by atoms with Crippen molar-refractivity contribution in [1.82, 2.24) is 4.98 Å². The first kappa shape index (κ1) is 16.0. The first-order valence-corrected chi connectivity index (χ1v) is 8.74. The predicted molar refractivity (Wildman–Crippen MR) is 97.7 cm³/mol. The Morgan fingerprint density at radius 2 is 1.96 bits per heavy atom. The number of aromatic nitrogens is 1. The van der Waals surface area contributed by atoms with Gasteiger partial charge in [0.2, 0.25) is 0 Å². The fourth-order valence-electron chi connectivity index (χ4n) is 3.65. The Kier molecular flexibility index (Phi) is 4.66. The summed E-state index contributed by atoms with van der Waals surface area (Å²) in [6.07, 6.45) is 7.64. The lowest BCUT2D eigenvalue weighted by Crippen LogP contribution is -2.07. The summed E-state index contributed by atoms with van der Waals surface area (Å²) in [4.78, 5) is 4.91. The number of aryl methyl sites for hydroxylation is 2. The van der Waals surface area contributed by atoms with Gasteiger partial charge in [-0.25, -0.2) is 0 Å². The molecule has 0 spiro atoms. The first-order valence-electron chi connectivity index (χ1n) is 8.74. The minimum atomic E-state index is 0.343. The third kappa shape index (κ3) is 3.72. The fourth-order valence-corrected chi connectivity index (χ4v) is 3.65. The lowest BCUT2D eigenvalue weighted by molar-refractivity contribution is 0.645. The maximum absolute atomic E-state index is 4.91. The molecule has 0 aliphatic heterocycles. The Morgan fingerprint density at radius 3 is 2.70 bits per heavy atom. The van der Waals surface area contributed by atoms with E-state index in [0.29, 0.717) is 5.41 Å². The Bertz CT molecular complexity index is 674. The van der Waals surface area contributed by atoms with Crippen LogP contribution in [0.25, 0.3) is 0 Å². The van der Waals surface area contributed by atoms with E-state index in [9.17, 15) is 0 Å². The van der Waals surface area contributed by atoms with E-state index in [4.69, 9.17) is 4.98 Å². The number of nitrogens with zero attached hydrogens (tertiary/aromatic N) is 1. The van der Waals surface area contributed by atoms with Crippen molar-refractivity contribution >= 4 is 0 Å². The van der Waals surface area contributed by atoms with Crippen molar-refractivity contribution in [1.29, 1.82) is 0 Å². The van der Waals surface area contributed by atoms with Gasteiger partial charge in [0.05, 0.1) is 0 Å². The van der Waals surface area contributed by atoms with Gasteiger partial charge in [-0.1, -0.05) is 43.3 Å². The Labute approximate surface area is 140 Å². The van der Waals surface area contributed by atoms with Crippen LogP contribution in [-0.4, -0.2) is 4.98 Å². The van der Waals surface area contributed by atoms with Crippen molar-refractivity contribution in [3.8, 4) is 0 Å². The van der Waals surface area contributed by atoms with E-state index in [2.05, 4.69) is 62.9 Å². The molecule has 120 valence electrons. The van der Waals surface area contributed by atoms with Crippen LogP contribution in [0.15, 0.2) is 55.1 Å². The van der Waals surface area contributed by atoms with Crippen LogP contribution < -0.4 is 0 Å². The predicted octanol–water partition coefficient (Wildman–Crippen LogP) is 5.42. The van der Waals surface area contributed by atoms with Gasteiger partial charge in [0.1, 0.15) is 0 Å². The molecule has 0 radical (unpaired) electrons. The molecule has 1 heterocycles. The minimum absolute atomic E-state index is 0.343. The number of unbranched alkanes of at least 4 members (excludes halogenated alkanes) is 1. The van der Waals surface area contributed by atoms with Gasteiger partial charge in [-0.2, -0.15) is 0 Å². The van der Waals surface area contributed by atoms with E-state index in [1.54, 1.807) is 0 Å². The standard InChI is InChI=1S/C22H27N/c1-4-5-7-12-20-13-17(2)14-21(23-20)15-19-16-22(19,3)18-10-8-6-9-11-18/h4,6,8-11,13-14,19H,1,5,7,12,15-16H2,2-3H3/t19-,22+/m1/s1. The smallest absolute Gasteiger partial charge is 0.0412 e. The van der Waals surface area contributed by atoms with Gasteiger partial charge in [0.15, 0.2) is 0 Å². The molecule has 1 aromatic heterocycles. The number of rotatable bonds is 7. The fraction of sp³-hybridized carbons (Fsp3) is 0.409. The third-order valence-electron chi connectivity index (χ3n) is 5.22. The van der Waals surface area contributed by atoms with Crippen molar-refractivity contribution in [3.63, 3.8) is 0 Å². The van der Waals surface area contributed by atoms with E-state index in [0.717, 1.165) is 31.6 Å². The normalized spacial score (nSPS) is 22.8. The van der Waals surface area contributed by atoms with Crippen molar-refractivity contribution in [3.05, 3.63) is 77.6 Å². The van der Waals surface area contributed by atoms with Crippen molar-refractivity contribution < 1.29 is 0 Å². The third-order valence-corrected chi connectivity index (χ3v) is 5.22. The summed E-state index contributed by atoms with van der Waals surface area (Å²) in [6, 6.07) is 15.4. The zero-order valence-corrected chi connectivity index (χ0v) is 14.4. The molecule has 1 aliphatic carbocycles. The van der Waals surface area contributed by atoms with Gasteiger partial charge in [0, 0.05) is 11.4 Å². The van der Waals surface area contributed by atoms with E-state index >= 15 is 0 Å². The van der Waals surface area contributed by atoms with Crippen molar-refractivity contribution in [2.75, 3.05) is 0 Å². The van der Waals surface area contributed by atoms with E-state index < -0.39 is 0 Å². The van der Waals surface area contributed by atoms with Crippen LogP contribution in [-0.2, 0) is 18.3 Å². The average molecular weight is 305 g/mol. The van der Waals surface area contributed by atoms with Crippen LogP contribution in [0, 0.1) is 12.8 Å². The van der Waals surface area contributed by atoms with Crippen LogP contribution in [0.5, 0.6) is 0 Å². The molecule has 0 saturated heterocycles. The number of pyridine rings is 1. The van der Waals surface area contributed by atoms with Gasteiger partial charge >= 0.3 is 0 Å². The Hall–Kier alpha value is -1.89. The molecule has 1 heteroatoms. The van der Waals surface area contributed by atoms with Crippen LogP contribution >= 0.6 is 0 Å². The maximum Gasteiger partial charge on any atom is 0.0412 e. The molecule has 3 rings (SSSR count). The van der Waals surface area contributed by atoms with Gasteiger partial charge in [-0.3, -0.25) is 4.98 Å². The molecule has 0 unspecified atom stereocenters. The molecule has 1 aromatic carbocycles. The summed E-state index contributed by atoms with van der Waals surface area (Å²) < 4.78 is 0. The monoisotopic (exact) mass is 305 g/mol. The second kappa shape index (κ2) is 6.70. The van der Waals surface area contributed by atoms with E-state index in [-0.39, 0.29) is 0 Å². The molecule has 0 N–H and O–H groups in total. The molecular formula is C22H27N. The Morgan fingerprint density at radius 1 is 1.22 bits per heavy atom. The summed E-state index contributed by atoms with van der Waals surface area (Å²) >= 11 is 0. The molecule has 0 amide bonds. The quantitative estimate of drug-likeness (QED) is 0.492. The van der Waals surface area contributed by atoms with Crippen LogP contribution in [0.1, 0.15) is 48.7 Å². The topological polar surface area (TPSA) is 12.9 Å². The van der Waals surface area contributed by atoms with Crippen molar-refractivity contribution in [2.45, 2.75) is 51.4 Å². The SMILES string of the molecule is C=CCCCc1cc(C)cc(C[C@@H]2C[C@@]2(C)c2ccccc2)n1. The Balaban J connectivity index is 1.68. The molecule has 1 aliphatic rings. The largest absolute Gasteiger partial charge is 0.258 e. The van der Waals surface area contributed by atoms with Gasteiger partial charge in [-0.15, -0.1) is 6.58 Å². The molecule has 1 saturated carbocycles. The summed E-state index contributed by atoms with van der Waals surface area (Å²) in [5.74, 6) is 0.722. The molecule has 1 nitrogen and oxygen atoms in total. The van der Waals surface area contributed by atoms with Gasteiger partial charge < -0.3 is 0 Å². The zero-order chi connectivity index (χ0) is 16.3. The molecule has 2 atom stereocenters. The highest BCUT2D eigenvalue weighted by Crippen LogP contribution is 2.55. The lowest BCUT2D eigenvalue weighted by Gasteiger charge is -2.12. The van der Waals surface area contributed by atoms with Crippen LogP contribution in [0.3, 0.4) is 0 Å². The molecule has 1 fully saturated rings. The summed E-state index contributed by atoms with van der Waals surface area (Å²) in [5, 5.41) is 0.